The molecule has 2 N–H and O–H groups in total. The maximum Gasteiger partial charge on any atom is 0.306 e. The van der Waals surface area contributed by atoms with E-state index in [-0.39, 0.29) is 12.2 Å². The molecule has 1 unspecified atom stereocenters. The average molecular weight is 294 g/mol. The van der Waals surface area contributed by atoms with Crippen LogP contribution in [0.25, 0.3) is 0 Å². The lowest BCUT2D eigenvalue weighted by Gasteiger charge is -2.11. The molecule has 21 heavy (non-hydrogen) atoms. The molecule has 0 aliphatic heterocycles. The van der Waals surface area contributed by atoms with Crippen LogP contribution in [0.15, 0.2) is 24.8 Å². The van der Waals surface area contributed by atoms with E-state index in [1.165, 1.54) is 17.1 Å². The van der Waals surface area contributed by atoms with Crippen molar-refractivity contribution in [2.75, 3.05) is 13.1 Å². The van der Waals surface area contributed by atoms with Crippen molar-refractivity contribution in [2.45, 2.75) is 26.1 Å². The second-order valence-electron chi connectivity index (χ2n) is 4.82. The van der Waals surface area contributed by atoms with Crippen LogP contribution in [-0.2, 0) is 13.1 Å². The summed E-state index contributed by atoms with van der Waals surface area (Å²) >= 11 is 0. The Kier molecular flexibility index (Phi) is 5.01. The number of hydrogen-bond donors (Lipinski definition) is 2. The monoisotopic (exact) mass is 294 g/mol. The zero-order valence-electron chi connectivity index (χ0n) is 11.7. The van der Waals surface area contributed by atoms with Crippen LogP contribution in [0.5, 0.6) is 0 Å². The topological polar surface area (TPSA) is 111 Å². The molecule has 0 radical (unpaired) electrons. The Morgan fingerprint density at radius 2 is 2.14 bits per heavy atom. The third-order valence-electron chi connectivity index (χ3n) is 2.89. The number of aromatic nitrogens is 4. The number of nitro groups is 1. The smallest absolute Gasteiger partial charge is 0.306 e. The van der Waals surface area contributed by atoms with Crippen LogP contribution in [-0.4, -0.2) is 48.8 Å². The Morgan fingerprint density at radius 1 is 1.38 bits per heavy atom. The SMILES string of the molecule is Cc1cnn(CCNCC(O)Cn2cc([N+](=O)[O-])cn2)c1. The molecule has 0 aromatic carbocycles. The molecule has 0 aliphatic rings. The highest BCUT2D eigenvalue weighted by atomic mass is 16.6. The van der Waals surface area contributed by atoms with Gasteiger partial charge in [0, 0.05) is 19.3 Å². The van der Waals surface area contributed by atoms with E-state index in [0.717, 1.165) is 5.56 Å². The van der Waals surface area contributed by atoms with Crippen molar-refractivity contribution in [3.05, 3.63) is 40.5 Å². The van der Waals surface area contributed by atoms with Crippen molar-refractivity contribution in [1.29, 1.82) is 0 Å². The van der Waals surface area contributed by atoms with Gasteiger partial charge in [-0.1, -0.05) is 0 Å². The van der Waals surface area contributed by atoms with E-state index in [2.05, 4.69) is 15.5 Å². The van der Waals surface area contributed by atoms with E-state index in [1.807, 2.05) is 17.8 Å². The lowest BCUT2D eigenvalue weighted by Crippen LogP contribution is -2.32. The lowest BCUT2D eigenvalue weighted by atomic mass is 10.3. The van der Waals surface area contributed by atoms with Crippen molar-refractivity contribution in [1.82, 2.24) is 24.9 Å². The molecular formula is C12H18N6O3. The molecule has 0 fully saturated rings. The summed E-state index contributed by atoms with van der Waals surface area (Å²) in [6, 6.07) is 0. The Balaban J connectivity index is 1.67. The van der Waals surface area contributed by atoms with Gasteiger partial charge >= 0.3 is 5.69 Å². The van der Waals surface area contributed by atoms with Gasteiger partial charge in [-0.05, 0) is 12.5 Å². The van der Waals surface area contributed by atoms with Gasteiger partial charge in [0.1, 0.15) is 12.4 Å². The summed E-state index contributed by atoms with van der Waals surface area (Å²) in [5.41, 5.74) is 1.03. The van der Waals surface area contributed by atoms with E-state index in [9.17, 15) is 15.2 Å². The van der Waals surface area contributed by atoms with Gasteiger partial charge in [-0.25, -0.2) is 0 Å². The minimum Gasteiger partial charge on any atom is -0.390 e. The van der Waals surface area contributed by atoms with Gasteiger partial charge < -0.3 is 10.4 Å². The number of rotatable bonds is 8. The van der Waals surface area contributed by atoms with Gasteiger partial charge in [-0.3, -0.25) is 19.5 Å². The van der Waals surface area contributed by atoms with Crippen molar-refractivity contribution < 1.29 is 10.0 Å². The summed E-state index contributed by atoms with van der Waals surface area (Å²) in [7, 11) is 0. The van der Waals surface area contributed by atoms with Crippen LogP contribution in [0.2, 0.25) is 0 Å². The first-order valence-electron chi connectivity index (χ1n) is 6.59. The first-order chi connectivity index (χ1) is 10.0. The van der Waals surface area contributed by atoms with Gasteiger partial charge in [0.05, 0.1) is 30.3 Å². The Morgan fingerprint density at radius 3 is 2.76 bits per heavy atom. The highest BCUT2D eigenvalue weighted by Crippen LogP contribution is 2.07. The highest BCUT2D eigenvalue weighted by molar-refractivity contribution is 5.20. The van der Waals surface area contributed by atoms with Gasteiger partial charge in [0.2, 0.25) is 0 Å². The molecule has 2 rings (SSSR count). The first-order valence-corrected chi connectivity index (χ1v) is 6.59. The summed E-state index contributed by atoms with van der Waals surface area (Å²) < 4.78 is 3.19. The summed E-state index contributed by atoms with van der Waals surface area (Å²) in [5, 5.41) is 31.4. The molecule has 1 atom stereocenters. The molecule has 9 nitrogen and oxygen atoms in total. The molecule has 0 saturated heterocycles. The summed E-state index contributed by atoms with van der Waals surface area (Å²) in [6.45, 7) is 3.96. The fourth-order valence-electron chi connectivity index (χ4n) is 1.88. The average Bonchev–Trinajstić information content (AvgIpc) is 3.04. The largest absolute Gasteiger partial charge is 0.390 e. The van der Waals surface area contributed by atoms with Crippen molar-refractivity contribution in [2.24, 2.45) is 0 Å². The molecule has 2 aromatic heterocycles. The third-order valence-corrected chi connectivity index (χ3v) is 2.89. The highest BCUT2D eigenvalue weighted by Gasteiger charge is 2.11. The second-order valence-corrected chi connectivity index (χ2v) is 4.82. The Labute approximate surface area is 121 Å². The molecule has 0 spiro atoms. The molecule has 0 bridgehead atoms. The lowest BCUT2D eigenvalue weighted by molar-refractivity contribution is -0.385. The maximum absolute atomic E-state index is 10.5. The molecule has 2 heterocycles. The predicted molar refractivity (Wildman–Crippen MR) is 74.7 cm³/mol. The third kappa shape index (κ3) is 4.65. The number of aliphatic hydroxyl groups excluding tert-OH is 1. The van der Waals surface area contributed by atoms with E-state index in [4.69, 9.17) is 0 Å². The number of aliphatic hydroxyl groups is 1. The van der Waals surface area contributed by atoms with Crippen LogP contribution in [0.3, 0.4) is 0 Å². The summed E-state index contributed by atoms with van der Waals surface area (Å²) in [6.07, 6.45) is 5.54. The van der Waals surface area contributed by atoms with Crippen LogP contribution in [0.1, 0.15) is 5.56 Å². The van der Waals surface area contributed by atoms with Crippen LogP contribution in [0, 0.1) is 17.0 Å². The fraction of sp³-hybridized carbons (Fsp3) is 0.500. The van der Waals surface area contributed by atoms with Gasteiger partial charge in [0.15, 0.2) is 0 Å². The van der Waals surface area contributed by atoms with Crippen molar-refractivity contribution >= 4 is 5.69 Å². The zero-order chi connectivity index (χ0) is 15.2. The number of hydrogen-bond acceptors (Lipinski definition) is 6. The second kappa shape index (κ2) is 6.95. The molecule has 0 aliphatic carbocycles. The van der Waals surface area contributed by atoms with Gasteiger partial charge in [-0.15, -0.1) is 0 Å². The first kappa shape index (κ1) is 15.1. The molecule has 2 aromatic rings. The number of nitrogens with zero attached hydrogens (tertiary/aromatic N) is 5. The molecule has 9 heteroatoms. The predicted octanol–water partition coefficient (Wildman–Crippen LogP) is -0.0531. The minimum absolute atomic E-state index is 0.0794. The number of nitrogens with one attached hydrogen (secondary N) is 1. The normalized spacial score (nSPS) is 12.5. The van der Waals surface area contributed by atoms with Gasteiger partial charge in [0.25, 0.3) is 0 Å². The Hall–Kier alpha value is -2.26. The zero-order valence-corrected chi connectivity index (χ0v) is 11.7. The minimum atomic E-state index is -0.663. The van der Waals surface area contributed by atoms with E-state index in [1.54, 1.807) is 6.20 Å². The van der Waals surface area contributed by atoms with Crippen LogP contribution < -0.4 is 5.32 Å². The molecule has 0 amide bonds. The van der Waals surface area contributed by atoms with E-state index < -0.39 is 11.0 Å². The maximum atomic E-state index is 10.5. The van der Waals surface area contributed by atoms with Crippen LogP contribution in [0.4, 0.5) is 5.69 Å². The quantitative estimate of drug-likeness (QED) is 0.401. The summed E-state index contributed by atoms with van der Waals surface area (Å²) in [5.74, 6) is 0. The number of aryl methyl sites for hydroxylation is 1. The summed E-state index contributed by atoms with van der Waals surface area (Å²) in [4.78, 5) is 10.0. The molecule has 0 saturated carbocycles. The fourth-order valence-corrected chi connectivity index (χ4v) is 1.88. The van der Waals surface area contributed by atoms with Gasteiger partial charge in [-0.2, -0.15) is 10.2 Å². The van der Waals surface area contributed by atoms with Crippen molar-refractivity contribution in [3.63, 3.8) is 0 Å². The molecule has 114 valence electrons. The van der Waals surface area contributed by atoms with E-state index in [0.29, 0.717) is 19.6 Å². The van der Waals surface area contributed by atoms with Crippen LogP contribution >= 0.6 is 0 Å². The molecular weight excluding hydrogens is 276 g/mol. The standard InChI is InChI=1S/C12H18N6O3/c1-10-4-14-16(7-10)3-2-13-6-12(19)9-17-8-11(5-15-17)18(20)21/h4-5,7-8,12-13,19H,2-3,6,9H2,1H3. The van der Waals surface area contributed by atoms with E-state index >= 15 is 0 Å². The van der Waals surface area contributed by atoms with Crippen molar-refractivity contribution in [3.8, 4) is 0 Å². The Bertz CT molecular complexity index is 593.